The summed E-state index contributed by atoms with van der Waals surface area (Å²) < 4.78 is 16.7. The van der Waals surface area contributed by atoms with E-state index in [-0.39, 0.29) is 17.8 Å². The lowest BCUT2D eigenvalue weighted by atomic mass is 9.96. The molecule has 0 bridgehead atoms. The first-order chi connectivity index (χ1) is 22.7. The summed E-state index contributed by atoms with van der Waals surface area (Å²) in [6, 6.07) is 31.4. The summed E-state index contributed by atoms with van der Waals surface area (Å²) in [4.78, 5) is 26.6. The van der Waals surface area contributed by atoms with Crippen molar-refractivity contribution in [3.05, 3.63) is 142 Å². The third-order valence-electron chi connectivity index (χ3n) is 7.96. The van der Waals surface area contributed by atoms with Gasteiger partial charge in [-0.2, -0.15) is 0 Å². The average Bonchev–Trinajstić information content (AvgIpc) is 3.77. The van der Waals surface area contributed by atoms with Crippen LogP contribution in [0.2, 0.25) is 0 Å². The van der Waals surface area contributed by atoms with Crippen molar-refractivity contribution in [3.63, 3.8) is 0 Å². The molecule has 1 amide bonds. The largest absolute Gasteiger partial charge is 0.335 e. The third kappa shape index (κ3) is 6.34. The molecule has 1 aliphatic heterocycles. The van der Waals surface area contributed by atoms with Gasteiger partial charge < -0.3 is 4.90 Å². The quantitative estimate of drug-likeness (QED) is 0.160. The lowest BCUT2D eigenvalue weighted by Crippen LogP contribution is -2.50. The van der Waals surface area contributed by atoms with Gasteiger partial charge in [-0.15, -0.1) is 21.5 Å². The van der Waals surface area contributed by atoms with Gasteiger partial charge in [0.05, 0.1) is 17.5 Å². The van der Waals surface area contributed by atoms with Crippen LogP contribution in [-0.2, 0) is 5.75 Å². The highest BCUT2D eigenvalue weighted by Crippen LogP contribution is 2.32. The molecule has 0 atom stereocenters. The molecular formula is C35H30FN7OS2. The number of para-hydroxylation sites is 1. The van der Waals surface area contributed by atoms with Crippen LogP contribution in [0.15, 0.2) is 120 Å². The molecule has 0 aliphatic carbocycles. The number of carbonyl (C=O) groups excluding carboxylic acids is 1. The standard InChI is InChI=1S/C35H30FN7OS2/c36-28-13-7-8-14-30(28)43-33(27-15-17-37-18-16-27)39-40-35(43)46-24-31-38-29(23-45-31)34(44)42-21-19-41(20-22-42)32(25-9-3-1-4-10-25)26-11-5-2-6-12-26/h1-18,23,32H,19-22,24H2. The first-order valence-corrected chi connectivity index (χ1v) is 16.8. The van der Waals surface area contributed by atoms with Crippen molar-refractivity contribution in [1.82, 2.24) is 34.5 Å². The molecule has 0 saturated carbocycles. The van der Waals surface area contributed by atoms with E-state index in [9.17, 15) is 9.18 Å². The number of nitrogens with zero attached hydrogens (tertiary/aromatic N) is 7. The third-order valence-corrected chi connectivity index (χ3v) is 9.93. The Morgan fingerprint density at radius 2 is 1.48 bits per heavy atom. The van der Waals surface area contributed by atoms with Gasteiger partial charge in [0, 0.05) is 49.5 Å². The SMILES string of the molecule is O=C(c1csc(CSc2nnc(-c3ccncc3)n2-c2ccccc2F)n1)N1CCN(C(c2ccccc2)c2ccccc2)CC1. The second-order valence-corrected chi connectivity index (χ2v) is 12.7. The summed E-state index contributed by atoms with van der Waals surface area (Å²) in [5, 5.41) is 11.9. The first kappa shape index (κ1) is 30.0. The number of aromatic nitrogens is 5. The summed E-state index contributed by atoms with van der Waals surface area (Å²) in [6.07, 6.45) is 3.34. The number of hydrogen-bond acceptors (Lipinski definition) is 8. The van der Waals surface area contributed by atoms with E-state index in [1.165, 1.54) is 40.3 Å². The van der Waals surface area contributed by atoms with Crippen molar-refractivity contribution in [1.29, 1.82) is 0 Å². The fraction of sp³-hybridized carbons (Fsp3) is 0.171. The van der Waals surface area contributed by atoms with Gasteiger partial charge in [-0.25, -0.2) is 9.37 Å². The number of rotatable bonds is 9. The summed E-state index contributed by atoms with van der Waals surface area (Å²) in [7, 11) is 0. The van der Waals surface area contributed by atoms with Crippen LogP contribution in [0.5, 0.6) is 0 Å². The van der Waals surface area contributed by atoms with E-state index in [1.54, 1.807) is 35.2 Å². The van der Waals surface area contributed by atoms with Crippen LogP contribution >= 0.6 is 23.1 Å². The Morgan fingerprint density at radius 3 is 2.15 bits per heavy atom. The van der Waals surface area contributed by atoms with Gasteiger partial charge in [-0.05, 0) is 35.4 Å². The number of thioether (sulfide) groups is 1. The van der Waals surface area contributed by atoms with E-state index in [2.05, 4.69) is 73.6 Å². The molecule has 4 heterocycles. The normalized spacial score (nSPS) is 13.7. The van der Waals surface area contributed by atoms with Gasteiger partial charge in [-0.1, -0.05) is 84.6 Å². The van der Waals surface area contributed by atoms with Crippen molar-refractivity contribution in [2.45, 2.75) is 17.0 Å². The van der Waals surface area contributed by atoms with Crippen molar-refractivity contribution < 1.29 is 9.18 Å². The van der Waals surface area contributed by atoms with Crippen LogP contribution in [0.1, 0.15) is 32.7 Å². The van der Waals surface area contributed by atoms with E-state index in [0.717, 1.165) is 23.7 Å². The number of thiazole rings is 1. The van der Waals surface area contributed by atoms with Gasteiger partial charge in [0.1, 0.15) is 16.5 Å². The zero-order chi connectivity index (χ0) is 31.3. The van der Waals surface area contributed by atoms with E-state index in [0.29, 0.717) is 41.2 Å². The predicted molar refractivity (Wildman–Crippen MR) is 178 cm³/mol. The summed E-state index contributed by atoms with van der Waals surface area (Å²) >= 11 is 2.84. The molecule has 0 radical (unpaired) electrons. The monoisotopic (exact) mass is 647 g/mol. The van der Waals surface area contributed by atoms with Crippen LogP contribution < -0.4 is 0 Å². The predicted octanol–water partition coefficient (Wildman–Crippen LogP) is 6.76. The van der Waals surface area contributed by atoms with Crippen LogP contribution in [0.3, 0.4) is 0 Å². The fourth-order valence-corrected chi connectivity index (χ4v) is 7.46. The highest BCUT2D eigenvalue weighted by Gasteiger charge is 2.29. The molecular weight excluding hydrogens is 618 g/mol. The van der Waals surface area contributed by atoms with Gasteiger partial charge in [-0.3, -0.25) is 19.2 Å². The van der Waals surface area contributed by atoms with E-state index < -0.39 is 0 Å². The van der Waals surface area contributed by atoms with E-state index >= 15 is 0 Å². The van der Waals surface area contributed by atoms with Crippen LogP contribution in [0.25, 0.3) is 17.1 Å². The Morgan fingerprint density at radius 1 is 0.826 bits per heavy atom. The molecule has 3 aromatic carbocycles. The molecule has 1 saturated heterocycles. The highest BCUT2D eigenvalue weighted by molar-refractivity contribution is 7.98. The maximum Gasteiger partial charge on any atom is 0.273 e. The molecule has 8 nitrogen and oxygen atoms in total. The molecule has 1 fully saturated rings. The Labute approximate surface area is 274 Å². The second kappa shape index (κ2) is 13.7. The minimum absolute atomic E-state index is 0.0578. The molecule has 11 heteroatoms. The molecule has 230 valence electrons. The Hall–Kier alpha value is -4.71. The van der Waals surface area contributed by atoms with Crippen molar-refractivity contribution in [2.75, 3.05) is 26.2 Å². The van der Waals surface area contributed by atoms with Gasteiger partial charge in [0.15, 0.2) is 11.0 Å². The number of halogens is 1. The number of piperazine rings is 1. The minimum atomic E-state index is -0.374. The van der Waals surface area contributed by atoms with Gasteiger partial charge in [0.25, 0.3) is 5.91 Å². The lowest BCUT2D eigenvalue weighted by Gasteiger charge is -2.39. The Bertz CT molecular complexity index is 1870. The van der Waals surface area contributed by atoms with E-state index in [4.69, 9.17) is 0 Å². The maximum atomic E-state index is 14.9. The number of pyridine rings is 1. The van der Waals surface area contributed by atoms with Gasteiger partial charge in [0.2, 0.25) is 0 Å². The van der Waals surface area contributed by atoms with Gasteiger partial charge >= 0.3 is 0 Å². The molecule has 0 unspecified atom stereocenters. The summed E-state index contributed by atoms with van der Waals surface area (Å²) in [6.45, 7) is 2.78. The number of amides is 1. The average molecular weight is 648 g/mol. The molecule has 7 rings (SSSR count). The molecule has 6 aromatic rings. The number of benzene rings is 3. The Kier molecular flexibility index (Phi) is 8.95. The number of hydrogen-bond donors (Lipinski definition) is 0. The van der Waals surface area contributed by atoms with Crippen LogP contribution in [0, 0.1) is 5.82 Å². The highest BCUT2D eigenvalue weighted by atomic mass is 32.2. The minimum Gasteiger partial charge on any atom is -0.335 e. The Balaban J connectivity index is 1.03. The van der Waals surface area contributed by atoms with Crippen molar-refractivity contribution >= 4 is 29.0 Å². The zero-order valence-electron chi connectivity index (χ0n) is 24.8. The maximum absolute atomic E-state index is 14.9. The van der Waals surface area contributed by atoms with Crippen LogP contribution in [0.4, 0.5) is 4.39 Å². The smallest absolute Gasteiger partial charge is 0.273 e. The summed E-state index contributed by atoms with van der Waals surface area (Å²) in [5.41, 5.74) is 4.07. The van der Waals surface area contributed by atoms with E-state index in [1.807, 2.05) is 34.5 Å². The number of carbonyl (C=O) groups is 1. The van der Waals surface area contributed by atoms with Crippen molar-refractivity contribution in [2.24, 2.45) is 0 Å². The first-order valence-electron chi connectivity index (χ1n) is 15.0. The zero-order valence-corrected chi connectivity index (χ0v) is 26.4. The summed E-state index contributed by atoms with van der Waals surface area (Å²) in [5.74, 6) is 0.550. The lowest BCUT2D eigenvalue weighted by molar-refractivity contribution is 0.0592. The molecule has 3 aromatic heterocycles. The van der Waals surface area contributed by atoms with Crippen LogP contribution in [-0.4, -0.2) is 66.6 Å². The molecule has 0 spiro atoms. The topological polar surface area (TPSA) is 80.0 Å². The van der Waals surface area contributed by atoms with Crippen molar-refractivity contribution in [3.8, 4) is 17.1 Å². The molecule has 0 N–H and O–H groups in total. The fourth-order valence-electron chi connectivity index (χ4n) is 5.73. The molecule has 46 heavy (non-hydrogen) atoms. The second-order valence-electron chi connectivity index (χ2n) is 10.8. The molecule has 1 aliphatic rings.